The fourth-order valence-electron chi connectivity index (χ4n) is 3.92. The maximum atomic E-state index is 13.2. The van der Waals surface area contributed by atoms with Crippen LogP contribution in [0.2, 0.25) is 0 Å². The van der Waals surface area contributed by atoms with Gasteiger partial charge in [0.1, 0.15) is 11.9 Å². The number of nitrogens with zero attached hydrogens (tertiary/aromatic N) is 3. The molecule has 2 saturated heterocycles. The van der Waals surface area contributed by atoms with Crippen LogP contribution >= 0.6 is 15.9 Å². The SMILES string of the molecule is Cc1cc([C@H]2OC(=O)N(Cc3cc(N4CC(F)(F)C4)ncc3Br)[C@H]2C)cc(C(F)(F)F)c1. The van der Waals surface area contributed by atoms with Crippen LogP contribution in [-0.2, 0) is 17.5 Å². The first-order valence-corrected chi connectivity index (χ1v) is 10.6. The largest absolute Gasteiger partial charge is 0.439 e. The molecule has 2 aliphatic heterocycles. The number of ether oxygens (including phenoxy) is 1. The van der Waals surface area contributed by atoms with Gasteiger partial charge in [0.25, 0.3) is 5.92 Å². The summed E-state index contributed by atoms with van der Waals surface area (Å²) >= 11 is 3.36. The zero-order chi connectivity index (χ0) is 23.4. The number of cyclic esters (lactones) is 1. The summed E-state index contributed by atoms with van der Waals surface area (Å²) in [6.45, 7) is 2.46. The smallest absolute Gasteiger partial charge is 0.416 e. The van der Waals surface area contributed by atoms with Crippen molar-refractivity contribution in [3.05, 3.63) is 57.2 Å². The quantitative estimate of drug-likeness (QED) is 0.485. The van der Waals surface area contributed by atoms with Crippen LogP contribution in [0.15, 0.2) is 34.9 Å². The highest BCUT2D eigenvalue weighted by Crippen LogP contribution is 2.38. The summed E-state index contributed by atoms with van der Waals surface area (Å²) in [7, 11) is 0. The average molecular weight is 520 g/mol. The van der Waals surface area contributed by atoms with E-state index in [2.05, 4.69) is 20.9 Å². The molecule has 4 rings (SSSR count). The summed E-state index contributed by atoms with van der Waals surface area (Å²) in [5, 5.41) is 0. The lowest BCUT2D eigenvalue weighted by Gasteiger charge is -2.39. The van der Waals surface area contributed by atoms with Crippen LogP contribution in [0.25, 0.3) is 0 Å². The molecule has 2 aromatic rings. The standard InChI is InChI=1S/C21H19BrF5N3O2/c1-11-3-13(5-15(4-11)21(25,26)27)18-12(2)30(19(31)32-18)8-14-6-17(28-7-16(14)22)29-9-20(23,24)10-29/h3-7,12,18H,8-10H2,1-2H3/t12-,18-/m0/s1. The van der Waals surface area contributed by atoms with Crippen molar-refractivity contribution in [3.63, 3.8) is 0 Å². The summed E-state index contributed by atoms with van der Waals surface area (Å²) in [5.74, 6) is -2.39. The second-order valence-corrected chi connectivity index (χ2v) is 9.00. The van der Waals surface area contributed by atoms with Gasteiger partial charge in [-0.25, -0.2) is 18.6 Å². The maximum Gasteiger partial charge on any atom is 0.416 e. The van der Waals surface area contributed by atoms with Gasteiger partial charge in [0.15, 0.2) is 0 Å². The third-order valence-electron chi connectivity index (χ3n) is 5.58. The molecule has 1 amide bonds. The van der Waals surface area contributed by atoms with Crippen molar-refractivity contribution in [1.29, 1.82) is 0 Å². The van der Waals surface area contributed by atoms with E-state index in [1.165, 1.54) is 16.0 Å². The molecule has 0 saturated carbocycles. The van der Waals surface area contributed by atoms with E-state index in [0.717, 1.165) is 12.1 Å². The molecule has 0 aliphatic carbocycles. The molecule has 2 atom stereocenters. The summed E-state index contributed by atoms with van der Waals surface area (Å²) in [4.78, 5) is 19.5. The van der Waals surface area contributed by atoms with E-state index < -0.39 is 49.0 Å². The summed E-state index contributed by atoms with van der Waals surface area (Å²) in [6, 6.07) is 4.66. The highest BCUT2D eigenvalue weighted by atomic mass is 79.9. The highest BCUT2D eigenvalue weighted by molar-refractivity contribution is 9.10. The van der Waals surface area contributed by atoms with Gasteiger partial charge >= 0.3 is 12.3 Å². The number of carbonyl (C=O) groups is 1. The van der Waals surface area contributed by atoms with Gasteiger partial charge in [-0.05, 0) is 59.1 Å². The van der Waals surface area contributed by atoms with Crippen LogP contribution in [0.1, 0.15) is 35.3 Å². The Morgan fingerprint density at radius 1 is 1.22 bits per heavy atom. The lowest BCUT2D eigenvalue weighted by atomic mass is 9.98. The number of benzene rings is 1. The molecule has 0 N–H and O–H groups in total. The van der Waals surface area contributed by atoms with Gasteiger partial charge < -0.3 is 9.64 Å². The molecule has 1 aromatic carbocycles. The first kappa shape index (κ1) is 22.8. The van der Waals surface area contributed by atoms with Crippen LogP contribution in [0.5, 0.6) is 0 Å². The number of carbonyl (C=O) groups excluding carboxylic acids is 1. The second kappa shape index (κ2) is 7.86. The molecule has 3 heterocycles. The molecular weight excluding hydrogens is 501 g/mol. The normalized spacial score (nSPS) is 22.7. The monoisotopic (exact) mass is 519 g/mol. The van der Waals surface area contributed by atoms with Crippen molar-refractivity contribution in [2.45, 2.75) is 44.6 Å². The third-order valence-corrected chi connectivity index (χ3v) is 6.29. The minimum Gasteiger partial charge on any atom is -0.439 e. The van der Waals surface area contributed by atoms with Gasteiger partial charge in [-0.3, -0.25) is 4.90 Å². The van der Waals surface area contributed by atoms with E-state index in [-0.39, 0.29) is 12.1 Å². The summed E-state index contributed by atoms with van der Waals surface area (Å²) in [6.07, 6.45) is -4.59. The molecular formula is C21H19BrF5N3O2. The van der Waals surface area contributed by atoms with Gasteiger partial charge in [0, 0.05) is 10.7 Å². The zero-order valence-electron chi connectivity index (χ0n) is 17.1. The van der Waals surface area contributed by atoms with Crippen molar-refractivity contribution >= 4 is 27.8 Å². The predicted molar refractivity (Wildman–Crippen MR) is 110 cm³/mol. The lowest BCUT2D eigenvalue weighted by molar-refractivity contribution is -0.137. The van der Waals surface area contributed by atoms with Crippen molar-refractivity contribution < 1.29 is 31.5 Å². The van der Waals surface area contributed by atoms with Crippen LogP contribution in [0, 0.1) is 6.92 Å². The Bertz CT molecular complexity index is 1050. The number of aryl methyl sites for hydroxylation is 1. The molecule has 2 fully saturated rings. The molecule has 172 valence electrons. The Hall–Kier alpha value is -2.43. The van der Waals surface area contributed by atoms with Gasteiger partial charge in [-0.1, -0.05) is 11.6 Å². The van der Waals surface area contributed by atoms with Crippen LogP contribution in [0.4, 0.5) is 32.6 Å². The summed E-state index contributed by atoms with van der Waals surface area (Å²) in [5.41, 5.74) is 0.485. The molecule has 2 aliphatic rings. The molecule has 5 nitrogen and oxygen atoms in total. The zero-order valence-corrected chi connectivity index (χ0v) is 18.7. The van der Waals surface area contributed by atoms with Crippen molar-refractivity contribution in [2.75, 3.05) is 18.0 Å². The first-order valence-electron chi connectivity index (χ1n) is 9.77. The first-order chi connectivity index (χ1) is 14.8. The molecule has 11 heteroatoms. The van der Waals surface area contributed by atoms with Crippen LogP contribution in [-0.4, -0.2) is 41.0 Å². The van der Waals surface area contributed by atoms with Gasteiger partial charge in [0.2, 0.25) is 0 Å². The number of aromatic nitrogens is 1. The number of halogens is 6. The Morgan fingerprint density at radius 3 is 2.53 bits per heavy atom. The number of alkyl halides is 5. The Labute approximate surface area is 189 Å². The molecule has 0 unspecified atom stereocenters. The van der Waals surface area contributed by atoms with E-state index in [9.17, 15) is 26.7 Å². The van der Waals surface area contributed by atoms with Crippen molar-refractivity contribution in [3.8, 4) is 0 Å². The molecule has 0 radical (unpaired) electrons. The lowest BCUT2D eigenvalue weighted by Crippen LogP contribution is -2.56. The number of pyridine rings is 1. The van der Waals surface area contributed by atoms with Crippen molar-refractivity contribution in [2.24, 2.45) is 0 Å². The van der Waals surface area contributed by atoms with E-state index in [4.69, 9.17) is 4.74 Å². The van der Waals surface area contributed by atoms with Gasteiger partial charge in [-0.15, -0.1) is 0 Å². The number of hydrogen-bond donors (Lipinski definition) is 0. The number of anilines is 1. The van der Waals surface area contributed by atoms with Gasteiger partial charge in [0.05, 0.1) is 31.2 Å². The third kappa shape index (κ3) is 4.39. The Balaban J connectivity index is 1.56. The Morgan fingerprint density at radius 2 is 1.91 bits per heavy atom. The topological polar surface area (TPSA) is 45.7 Å². The summed E-state index contributed by atoms with van der Waals surface area (Å²) < 4.78 is 72.1. The number of amides is 1. The fraction of sp³-hybridized carbons (Fsp3) is 0.429. The average Bonchev–Trinajstić information content (AvgIpc) is 2.95. The molecule has 0 bridgehead atoms. The van der Waals surface area contributed by atoms with Gasteiger partial charge in [-0.2, -0.15) is 13.2 Å². The fourth-order valence-corrected chi connectivity index (χ4v) is 4.26. The Kier molecular flexibility index (Phi) is 5.59. The number of rotatable bonds is 4. The second-order valence-electron chi connectivity index (χ2n) is 8.15. The molecule has 0 spiro atoms. The molecule has 1 aromatic heterocycles. The number of hydrogen-bond acceptors (Lipinski definition) is 4. The van der Waals surface area contributed by atoms with Crippen LogP contribution in [0.3, 0.4) is 0 Å². The van der Waals surface area contributed by atoms with E-state index >= 15 is 0 Å². The maximum absolute atomic E-state index is 13.2. The minimum absolute atomic E-state index is 0.0782. The van der Waals surface area contributed by atoms with Crippen molar-refractivity contribution in [1.82, 2.24) is 9.88 Å². The minimum atomic E-state index is -4.52. The predicted octanol–water partition coefficient (Wildman–Crippen LogP) is 5.71. The van der Waals surface area contributed by atoms with Crippen LogP contribution < -0.4 is 4.90 Å². The van der Waals surface area contributed by atoms with E-state index in [1.54, 1.807) is 26.0 Å². The highest BCUT2D eigenvalue weighted by Gasteiger charge is 2.45. The van der Waals surface area contributed by atoms with E-state index in [0.29, 0.717) is 21.4 Å². The van der Waals surface area contributed by atoms with E-state index in [1.807, 2.05) is 0 Å². The molecule has 32 heavy (non-hydrogen) atoms.